The minimum Gasteiger partial charge on any atom is -0.466 e. The van der Waals surface area contributed by atoms with Crippen LogP contribution in [-0.4, -0.2) is 31.1 Å². The molecule has 1 atom stereocenters. The van der Waals surface area contributed by atoms with Crippen LogP contribution in [-0.2, 0) is 9.53 Å². The molecule has 0 aromatic heterocycles. The molecule has 1 unspecified atom stereocenters. The topological polar surface area (TPSA) is 29.5 Å². The monoisotopic (exact) mass is 197 g/mol. The van der Waals surface area contributed by atoms with E-state index in [4.69, 9.17) is 0 Å². The van der Waals surface area contributed by atoms with Gasteiger partial charge in [-0.05, 0) is 18.8 Å². The van der Waals surface area contributed by atoms with E-state index in [1.165, 1.54) is 32.4 Å². The molecular formula is C11H19NO2. The van der Waals surface area contributed by atoms with Gasteiger partial charge in [0.15, 0.2) is 0 Å². The van der Waals surface area contributed by atoms with Gasteiger partial charge in [-0.15, -0.1) is 0 Å². The molecule has 0 aromatic carbocycles. The zero-order valence-corrected chi connectivity index (χ0v) is 9.03. The third-order valence-electron chi connectivity index (χ3n) is 2.75. The van der Waals surface area contributed by atoms with Crippen LogP contribution in [0.1, 0.15) is 26.2 Å². The summed E-state index contributed by atoms with van der Waals surface area (Å²) in [6.45, 7) is 4.35. The minimum atomic E-state index is -0.274. The smallest absolute Gasteiger partial charge is 0.331 e. The van der Waals surface area contributed by atoms with Crippen molar-refractivity contribution in [3.05, 3.63) is 12.3 Å². The van der Waals surface area contributed by atoms with Crippen LogP contribution in [0.25, 0.3) is 0 Å². The number of ether oxygens (including phenoxy) is 1. The van der Waals surface area contributed by atoms with Crippen LogP contribution < -0.4 is 0 Å². The summed E-state index contributed by atoms with van der Waals surface area (Å²) in [5, 5.41) is 0. The maximum absolute atomic E-state index is 10.9. The fourth-order valence-electron chi connectivity index (χ4n) is 1.80. The maximum Gasteiger partial charge on any atom is 0.331 e. The van der Waals surface area contributed by atoms with Crippen molar-refractivity contribution < 1.29 is 9.53 Å². The van der Waals surface area contributed by atoms with E-state index in [-0.39, 0.29) is 5.97 Å². The Labute approximate surface area is 85.7 Å². The van der Waals surface area contributed by atoms with E-state index in [9.17, 15) is 4.79 Å². The number of piperidine rings is 1. The SMILES string of the molecule is CCC1CCCN(C=CC(=O)OC)C1. The molecule has 3 heteroatoms. The first-order chi connectivity index (χ1) is 6.76. The normalized spacial score (nSPS) is 22.7. The van der Waals surface area contributed by atoms with E-state index in [2.05, 4.69) is 16.6 Å². The average Bonchev–Trinajstić information content (AvgIpc) is 2.26. The van der Waals surface area contributed by atoms with Gasteiger partial charge in [0.1, 0.15) is 0 Å². The van der Waals surface area contributed by atoms with Gasteiger partial charge >= 0.3 is 5.97 Å². The Hall–Kier alpha value is -0.990. The summed E-state index contributed by atoms with van der Waals surface area (Å²) in [5.41, 5.74) is 0. The van der Waals surface area contributed by atoms with Crippen LogP contribution in [0, 0.1) is 5.92 Å². The van der Waals surface area contributed by atoms with Gasteiger partial charge in [0.05, 0.1) is 7.11 Å². The first kappa shape index (κ1) is 11.1. The number of carbonyl (C=O) groups excluding carboxylic acids is 1. The summed E-state index contributed by atoms with van der Waals surface area (Å²) < 4.78 is 4.54. The molecule has 0 amide bonds. The number of likely N-dealkylation sites (tertiary alicyclic amines) is 1. The van der Waals surface area contributed by atoms with Crippen molar-refractivity contribution >= 4 is 5.97 Å². The van der Waals surface area contributed by atoms with Crippen molar-refractivity contribution in [2.75, 3.05) is 20.2 Å². The van der Waals surface area contributed by atoms with E-state index in [0.717, 1.165) is 19.0 Å². The fourth-order valence-corrected chi connectivity index (χ4v) is 1.80. The van der Waals surface area contributed by atoms with E-state index < -0.39 is 0 Å². The molecular weight excluding hydrogens is 178 g/mol. The quantitative estimate of drug-likeness (QED) is 0.510. The Morgan fingerprint density at radius 1 is 1.64 bits per heavy atom. The predicted octanol–water partition coefficient (Wildman–Crippen LogP) is 1.80. The van der Waals surface area contributed by atoms with Gasteiger partial charge in [-0.25, -0.2) is 4.79 Å². The molecule has 0 bridgehead atoms. The molecule has 0 radical (unpaired) electrons. The molecule has 1 saturated heterocycles. The highest BCUT2D eigenvalue weighted by molar-refractivity contribution is 5.81. The Balaban J connectivity index is 2.37. The lowest BCUT2D eigenvalue weighted by Crippen LogP contribution is -2.31. The van der Waals surface area contributed by atoms with Gasteiger partial charge in [0, 0.05) is 25.4 Å². The van der Waals surface area contributed by atoms with Gasteiger partial charge in [0.25, 0.3) is 0 Å². The zero-order chi connectivity index (χ0) is 10.4. The summed E-state index contributed by atoms with van der Waals surface area (Å²) in [6, 6.07) is 0. The Bertz CT molecular complexity index is 213. The van der Waals surface area contributed by atoms with Crippen LogP contribution in [0.3, 0.4) is 0 Å². The van der Waals surface area contributed by atoms with Crippen molar-refractivity contribution in [1.82, 2.24) is 4.90 Å². The van der Waals surface area contributed by atoms with Gasteiger partial charge < -0.3 is 9.64 Å². The molecule has 0 saturated carbocycles. The van der Waals surface area contributed by atoms with E-state index in [0.29, 0.717) is 0 Å². The molecule has 80 valence electrons. The number of methoxy groups -OCH3 is 1. The molecule has 3 nitrogen and oxygen atoms in total. The van der Waals surface area contributed by atoms with Crippen LogP contribution in [0.4, 0.5) is 0 Å². The highest BCUT2D eigenvalue weighted by atomic mass is 16.5. The predicted molar refractivity (Wildman–Crippen MR) is 55.7 cm³/mol. The summed E-state index contributed by atoms with van der Waals surface area (Å²) in [4.78, 5) is 13.1. The summed E-state index contributed by atoms with van der Waals surface area (Å²) in [5.74, 6) is 0.509. The highest BCUT2D eigenvalue weighted by Gasteiger charge is 2.15. The second kappa shape index (κ2) is 5.68. The van der Waals surface area contributed by atoms with E-state index >= 15 is 0 Å². The van der Waals surface area contributed by atoms with Crippen LogP contribution >= 0.6 is 0 Å². The first-order valence-electron chi connectivity index (χ1n) is 5.26. The van der Waals surface area contributed by atoms with Gasteiger partial charge in [0.2, 0.25) is 0 Å². The molecule has 14 heavy (non-hydrogen) atoms. The van der Waals surface area contributed by atoms with Crippen molar-refractivity contribution in [3.63, 3.8) is 0 Å². The second-order valence-electron chi connectivity index (χ2n) is 3.75. The van der Waals surface area contributed by atoms with Crippen molar-refractivity contribution in [1.29, 1.82) is 0 Å². The Morgan fingerprint density at radius 3 is 3.07 bits per heavy atom. The number of nitrogens with zero attached hydrogens (tertiary/aromatic N) is 1. The fraction of sp³-hybridized carbons (Fsp3) is 0.727. The molecule has 0 aromatic rings. The first-order valence-corrected chi connectivity index (χ1v) is 5.26. The number of esters is 1. The summed E-state index contributed by atoms with van der Waals surface area (Å²) in [7, 11) is 1.40. The highest BCUT2D eigenvalue weighted by Crippen LogP contribution is 2.18. The van der Waals surface area contributed by atoms with Gasteiger partial charge in [-0.3, -0.25) is 0 Å². The van der Waals surface area contributed by atoms with Crippen LogP contribution in [0.15, 0.2) is 12.3 Å². The lowest BCUT2D eigenvalue weighted by molar-refractivity contribution is -0.134. The standard InChI is InChI=1S/C11H19NO2/c1-3-10-5-4-7-12(9-10)8-6-11(13)14-2/h6,8,10H,3-5,7,9H2,1-2H3. The molecule has 1 aliphatic heterocycles. The minimum absolute atomic E-state index is 0.274. The molecule has 1 heterocycles. The van der Waals surface area contributed by atoms with Crippen LogP contribution in [0.2, 0.25) is 0 Å². The number of rotatable bonds is 3. The second-order valence-corrected chi connectivity index (χ2v) is 3.75. The zero-order valence-electron chi connectivity index (χ0n) is 9.03. The molecule has 1 rings (SSSR count). The third-order valence-corrected chi connectivity index (χ3v) is 2.75. The van der Waals surface area contributed by atoms with Crippen LogP contribution in [0.5, 0.6) is 0 Å². The summed E-state index contributed by atoms with van der Waals surface area (Å²) >= 11 is 0. The Morgan fingerprint density at radius 2 is 2.43 bits per heavy atom. The Kier molecular flexibility index (Phi) is 4.50. The number of hydrogen-bond acceptors (Lipinski definition) is 3. The van der Waals surface area contributed by atoms with Gasteiger partial charge in [-0.2, -0.15) is 0 Å². The maximum atomic E-state index is 10.9. The number of carbonyl (C=O) groups is 1. The lowest BCUT2D eigenvalue weighted by atomic mass is 9.96. The van der Waals surface area contributed by atoms with Crippen molar-refractivity contribution in [3.8, 4) is 0 Å². The van der Waals surface area contributed by atoms with Crippen molar-refractivity contribution in [2.24, 2.45) is 5.92 Å². The molecule has 0 N–H and O–H groups in total. The molecule has 0 spiro atoms. The third kappa shape index (κ3) is 3.40. The lowest BCUT2D eigenvalue weighted by Gasteiger charge is -2.31. The van der Waals surface area contributed by atoms with E-state index in [1.807, 2.05) is 6.20 Å². The average molecular weight is 197 g/mol. The van der Waals surface area contributed by atoms with E-state index in [1.54, 1.807) is 0 Å². The largest absolute Gasteiger partial charge is 0.466 e. The number of hydrogen-bond donors (Lipinski definition) is 0. The van der Waals surface area contributed by atoms with Crippen molar-refractivity contribution in [2.45, 2.75) is 26.2 Å². The molecule has 1 fully saturated rings. The summed E-state index contributed by atoms with van der Waals surface area (Å²) in [6.07, 6.45) is 7.12. The molecule has 1 aliphatic rings. The molecule has 0 aliphatic carbocycles. The van der Waals surface area contributed by atoms with Gasteiger partial charge in [-0.1, -0.05) is 13.3 Å².